The highest BCUT2D eigenvalue weighted by molar-refractivity contribution is 5.79. The van der Waals surface area contributed by atoms with E-state index in [1.54, 1.807) is 18.6 Å². The van der Waals surface area contributed by atoms with Crippen LogP contribution in [0.5, 0.6) is 0 Å². The van der Waals surface area contributed by atoms with E-state index >= 15 is 0 Å². The lowest BCUT2D eigenvalue weighted by Gasteiger charge is -2.22. The summed E-state index contributed by atoms with van der Waals surface area (Å²) in [5, 5.41) is 3.16. The summed E-state index contributed by atoms with van der Waals surface area (Å²) < 4.78 is 0. The van der Waals surface area contributed by atoms with Gasteiger partial charge in [-0.15, -0.1) is 0 Å². The maximum atomic E-state index is 4.50. The Morgan fingerprint density at radius 3 is 2.47 bits per heavy atom. The molecule has 0 unspecified atom stereocenters. The van der Waals surface area contributed by atoms with Gasteiger partial charge in [-0.25, -0.2) is 4.98 Å². The van der Waals surface area contributed by atoms with Crippen LogP contribution in [0.1, 0.15) is 0 Å². The number of guanidine groups is 1. The Hall–Kier alpha value is -1.85. The summed E-state index contributed by atoms with van der Waals surface area (Å²) in [6.45, 7) is 1.44. The van der Waals surface area contributed by atoms with Crippen molar-refractivity contribution >= 4 is 11.8 Å². The zero-order valence-electron chi connectivity index (χ0n) is 10.9. The van der Waals surface area contributed by atoms with Crippen molar-refractivity contribution in [1.82, 2.24) is 19.8 Å². The fourth-order valence-corrected chi connectivity index (χ4v) is 1.41. The van der Waals surface area contributed by atoms with Crippen LogP contribution >= 0.6 is 0 Å². The van der Waals surface area contributed by atoms with Crippen molar-refractivity contribution < 1.29 is 0 Å². The normalized spacial score (nSPS) is 9.65. The second-order valence-corrected chi connectivity index (χ2v) is 3.99. The zero-order valence-corrected chi connectivity index (χ0v) is 10.9. The molecule has 17 heavy (non-hydrogen) atoms. The molecule has 6 nitrogen and oxygen atoms in total. The molecule has 94 valence electrons. The average molecular weight is 236 g/mol. The standard InChI is InChI=1S/C11H20N6/c1-16(2)11(17(3)4)15-8-7-14-10-9-12-5-6-13-10/h5-6,9H,7-8H2,1-4H3,(H,13,14). The molecule has 1 N–H and O–H groups in total. The van der Waals surface area contributed by atoms with Gasteiger partial charge >= 0.3 is 0 Å². The minimum Gasteiger partial charge on any atom is -0.367 e. The molecule has 0 spiro atoms. The van der Waals surface area contributed by atoms with Gasteiger partial charge in [0.05, 0.1) is 12.7 Å². The van der Waals surface area contributed by atoms with E-state index in [2.05, 4.69) is 20.3 Å². The second-order valence-electron chi connectivity index (χ2n) is 3.99. The van der Waals surface area contributed by atoms with Crippen molar-refractivity contribution in [2.45, 2.75) is 0 Å². The lowest BCUT2D eigenvalue weighted by atomic mass is 10.5. The molecule has 0 fully saturated rings. The van der Waals surface area contributed by atoms with Gasteiger partial charge in [0.15, 0.2) is 5.96 Å². The molecule has 0 atom stereocenters. The number of anilines is 1. The number of nitrogens with one attached hydrogen (secondary N) is 1. The molecule has 6 heteroatoms. The number of hydrogen-bond donors (Lipinski definition) is 1. The van der Waals surface area contributed by atoms with Gasteiger partial charge in [-0.2, -0.15) is 0 Å². The van der Waals surface area contributed by atoms with E-state index in [9.17, 15) is 0 Å². The third-order valence-electron chi connectivity index (χ3n) is 2.03. The van der Waals surface area contributed by atoms with E-state index in [1.165, 1.54) is 0 Å². The molecule has 0 aliphatic heterocycles. The first-order valence-electron chi connectivity index (χ1n) is 5.50. The van der Waals surface area contributed by atoms with E-state index < -0.39 is 0 Å². The predicted octanol–water partition coefficient (Wildman–Crippen LogP) is 0.368. The van der Waals surface area contributed by atoms with Crippen molar-refractivity contribution in [1.29, 1.82) is 0 Å². The summed E-state index contributed by atoms with van der Waals surface area (Å²) in [7, 11) is 7.92. The van der Waals surface area contributed by atoms with E-state index in [4.69, 9.17) is 0 Å². The van der Waals surface area contributed by atoms with E-state index in [0.29, 0.717) is 6.54 Å². The van der Waals surface area contributed by atoms with Crippen LogP contribution in [0.2, 0.25) is 0 Å². The highest BCUT2D eigenvalue weighted by Crippen LogP contribution is 1.96. The Morgan fingerprint density at radius 1 is 1.24 bits per heavy atom. The van der Waals surface area contributed by atoms with Crippen LogP contribution in [-0.2, 0) is 0 Å². The van der Waals surface area contributed by atoms with Crippen LogP contribution in [0.4, 0.5) is 5.82 Å². The molecule has 0 aliphatic rings. The molecule has 1 aromatic heterocycles. The average Bonchev–Trinajstić information content (AvgIpc) is 2.29. The maximum absolute atomic E-state index is 4.50. The summed E-state index contributed by atoms with van der Waals surface area (Å²) in [5.74, 6) is 1.73. The SMILES string of the molecule is CN(C)C(=NCCNc1cnccn1)N(C)C. The van der Waals surface area contributed by atoms with Crippen molar-refractivity contribution in [3.05, 3.63) is 18.6 Å². The van der Waals surface area contributed by atoms with Crippen molar-refractivity contribution in [2.24, 2.45) is 4.99 Å². The molecule has 0 amide bonds. The van der Waals surface area contributed by atoms with Crippen LogP contribution in [-0.4, -0.2) is 67.0 Å². The molecule has 0 bridgehead atoms. The van der Waals surface area contributed by atoms with Crippen LogP contribution in [0.3, 0.4) is 0 Å². The van der Waals surface area contributed by atoms with Crippen molar-refractivity contribution in [3.63, 3.8) is 0 Å². The number of hydrogen-bond acceptors (Lipinski definition) is 4. The first-order valence-corrected chi connectivity index (χ1v) is 5.50. The molecular weight excluding hydrogens is 216 g/mol. The summed E-state index contributed by atoms with van der Waals surface area (Å²) in [6, 6.07) is 0. The van der Waals surface area contributed by atoms with Gasteiger partial charge in [0.1, 0.15) is 5.82 Å². The number of aromatic nitrogens is 2. The van der Waals surface area contributed by atoms with Crippen LogP contribution < -0.4 is 5.32 Å². The Labute approximate surface area is 102 Å². The van der Waals surface area contributed by atoms with Gasteiger partial charge in [-0.1, -0.05) is 0 Å². The minimum absolute atomic E-state index is 0.697. The molecule has 1 heterocycles. The first-order chi connectivity index (χ1) is 8.11. The summed E-state index contributed by atoms with van der Waals surface area (Å²) in [5.41, 5.74) is 0. The third kappa shape index (κ3) is 4.67. The Bertz CT molecular complexity index is 336. The fraction of sp³-hybridized carbons (Fsp3) is 0.545. The highest BCUT2D eigenvalue weighted by Gasteiger charge is 2.02. The summed E-state index contributed by atoms with van der Waals surface area (Å²) >= 11 is 0. The minimum atomic E-state index is 0.697. The molecule has 1 rings (SSSR count). The van der Waals surface area contributed by atoms with Gasteiger partial charge in [0.25, 0.3) is 0 Å². The van der Waals surface area contributed by atoms with Crippen LogP contribution in [0.25, 0.3) is 0 Å². The predicted molar refractivity (Wildman–Crippen MR) is 70.2 cm³/mol. The maximum Gasteiger partial charge on any atom is 0.195 e. The molecule has 0 saturated carbocycles. The zero-order chi connectivity index (χ0) is 12.7. The van der Waals surface area contributed by atoms with Gasteiger partial charge in [0, 0.05) is 47.1 Å². The molecular formula is C11H20N6. The monoisotopic (exact) mass is 236 g/mol. The van der Waals surface area contributed by atoms with Gasteiger partial charge in [-0.3, -0.25) is 9.98 Å². The Kier molecular flexibility index (Phi) is 5.19. The summed E-state index contributed by atoms with van der Waals surface area (Å²) in [4.78, 5) is 16.6. The van der Waals surface area contributed by atoms with Gasteiger partial charge < -0.3 is 15.1 Å². The molecule has 0 aromatic carbocycles. The van der Waals surface area contributed by atoms with E-state index in [1.807, 2.05) is 38.0 Å². The topological polar surface area (TPSA) is 56.6 Å². The third-order valence-corrected chi connectivity index (χ3v) is 2.03. The summed E-state index contributed by atoms with van der Waals surface area (Å²) in [6.07, 6.45) is 5.01. The molecule has 0 aliphatic carbocycles. The number of rotatable bonds is 4. The first kappa shape index (κ1) is 13.2. The number of aliphatic imine (C=N–C) groups is 1. The number of nitrogens with zero attached hydrogens (tertiary/aromatic N) is 5. The van der Waals surface area contributed by atoms with Crippen molar-refractivity contribution in [3.8, 4) is 0 Å². The second kappa shape index (κ2) is 6.67. The molecule has 0 saturated heterocycles. The quantitative estimate of drug-likeness (QED) is 0.465. The lowest BCUT2D eigenvalue weighted by molar-refractivity contribution is 0.480. The molecule has 0 radical (unpaired) electrons. The lowest BCUT2D eigenvalue weighted by Crippen LogP contribution is -2.35. The fourth-order valence-electron chi connectivity index (χ4n) is 1.41. The van der Waals surface area contributed by atoms with Crippen molar-refractivity contribution in [2.75, 3.05) is 46.6 Å². The van der Waals surface area contributed by atoms with Crippen LogP contribution in [0.15, 0.2) is 23.6 Å². The van der Waals surface area contributed by atoms with Gasteiger partial charge in [-0.05, 0) is 0 Å². The highest BCUT2D eigenvalue weighted by atomic mass is 15.3. The van der Waals surface area contributed by atoms with Gasteiger partial charge in [0.2, 0.25) is 0 Å². The Morgan fingerprint density at radius 2 is 1.94 bits per heavy atom. The van der Waals surface area contributed by atoms with E-state index in [-0.39, 0.29) is 0 Å². The van der Waals surface area contributed by atoms with Crippen LogP contribution in [0, 0.1) is 0 Å². The smallest absolute Gasteiger partial charge is 0.195 e. The van der Waals surface area contributed by atoms with E-state index in [0.717, 1.165) is 18.3 Å². The largest absolute Gasteiger partial charge is 0.367 e. The molecule has 1 aromatic rings. The Balaban J connectivity index is 2.38.